The summed E-state index contributed by atoms with van der Waals surface area (Å²) in [6, 6.07) is 5.94. The largest absolute Gasteiger partial charge is 0.459 e. The van der Waals surface area contributed by atoms with E-state index in [-0.39, 0.29) is 24.7 Å². The number of hydrogen-bond donors (Lipinski definition) is 2. The maximum Gasteiger partial charge on any atom is 0.357 e. The molecule has 0 spiro atoms. The fourth-order valence-corrected chi connectivity index (χ4v) is 2.10. The van der Waals surface area contributed by atoms with Gasteiger partial charge in [0, 0.05) is 16.3 Å². The van der Waals surface area contributed by atoms with Gasteiger partial charge in [0.1, 0.15) is 18.1 Å². The molecule has 0 aliphatic heterocycles. The number of rotatable bonds is 3. The van der Waals surface area contributed by atoms with Gasteiger partial charge in [0.15, 0.2) is 0 Å². The molecule has 0 saturated heterocycles. The maximum absolute atomic E-state index is 13.3. The highest BCUT2D eigenvalue weighted by atomic mass is 19.1. The van der Waals surface area contributed by atoms with Gasteiger partial charge < -0.3 is 14.8 Å². The number of aromatic nitrogens is 2. The zero-order valence-electron chi connectivity index (χ0n) is 10.4. The van der Waals surface area contributed by atoms with Gasteiger partial charge in [0.05, 0.1) is 18.3 Å². The molecule has 0 radical (unpaired) electrons. The average Bonchev–Trinajstić information content (AvgIpc) is 2.82. The number of hydrogen-bond acceptors (Lipinski definition) is 4. The Morgan fingerprint density at radius 1 is 1.30 bits per heavy atom. The average molecular weight is 274 g/mol. The summed E-state index contributed by atoms with van der Waals surface area (Å²) in [5.74, 6) is -0.966. The topological polar surface area (TPSA) is 75.2 Å². The van der Waals surface area contributed by atoms with E-state index in [0.29, 0.717) is 16.3 Å². The predicted octanol–water partition coefficient (Wildman–Crippen LogP) is 2.00. The van der Waals surface area contributed by atoms with Crippen LogP contribution in [0.2, 0.25) is 0 Å². The molecule has 3 rings (SSSR count). The van der Waals surface area contributed by atoms with Crippen LogP contribution in [0.1, 0.15) is 10.5 Å². The number of nitrogens with one attached hydrogen (secondary N) is 1. The van der Waals surface area contributed by atoms with Gasteiger partial charge in [-0.2, -0.15) is 0 Å². The van der Waals surface area contributed by atoms with Crippen molar-refractivity contribution in [2.75, 3.05) is 13.2 Å². The molecule has 0 fully saturated rings. The summed E-state index contributed by atoms with van der Waals surface area (Å²) >= 11 is 0. The molecule has 0 amide bonds. The van der Waals surface area contributed by atoms with Crippen molar-refractivity contribution in [3.05, 3.63) is 42.0 Å². The summed E-state index contributed by atoms with van der Waals surface area (Å²) in [4.78, 5) is 18.8. The molecule has 3 aromatic rings. The van der Waals surface area contributed by atoms with Crippen LogP contribution in [0.4, 0.5) is 4.39 Å². The monoisotopic (exact) mass is 274 g/mol. The van der Waals surface area contributed by atoms with E-state index in [1.165, 1.54) is 18.3 Å². The molecule has 20 heavy (non-hydrogen) atoms. The van der Waals surface area contributed by atoms with Crippen LogP contribution in [0.25, 0.3) is 21.8 Å². The van der Waals surface area contributed by atoms with E-state index in [9.17, 15) is 9.18 Å². The molecule has 0 aliphatic rings. The molecule has 102 valence electrons. The Balaban J connectivity index is 2.11. The van der Waals surface area contributed by atoms with Crippen LogP contribution in [0.5, 0.6) is 0 Å². The second-order valence-electron chi connectivity index (χ2n) is 4.29. The number of aromatic amines is 1. The number of ether oxygens (including phenoxy) is 1. The highest BCUT2D eigenvalue weighted by molar-refractivity contribution is 6.08. The first-order chi connectivity index (χ1) is 9.69. The van der Waals surface area contributed by atoms with Gasteiger partial charge in [-0.3, -0.25) is 0 Å². The van der Waals surface area contributed by atoms with Crippen molar-refractivity contribution in [2.45, 2.75) is 0 Å². The van der Waals surface area contributed by atoms with Gasteiger partial charge in [-0.05, 0) is 24.3 Å². The lowest BCUT2D eigenvalue weighted by atomic mass is 10.1. The number of esters is 1. The van der Waals surface area contributed by atoms with Crippen molar-refractivity contribution < 1.29 is 19.0 Å². The normalized spacial score (nSPS) is 11.1. The lowest BCUT2D eigenvalue weighted by Gasteiger charge is -2.01. The number of nitrogens with zero attached hydrogens (tertiary/aromatic N) is 1. The van der Waals surface area contributed by atoms with Gasteiger partial charge in [-0.1, -0.05) is 0 Å². The Morgan fingerprint density at radius 3 is 2.90 bits per heavy atom. The number of aliphatic hydroxyl groups excluding tert-OH is 1. The number of carbonyl (C=O) groups excluding carboxylic acids is 1. The smallest absolute Gasteiger partial charge is 0.357 e. The number of H-pyrrole nitrogens is 1. The molecule has 0 unspecified atom stereocenters. The number of pyridine rings is 1. The van der Waals surface area contributed by atoms with E-state index in [4.69, 9.17) is 9.84 Å². The molecule has 6 heteroatoms. The van der Waals surface area contributed by atoms with Crippen molar-refractivity contribution in [1.29, 1.82) is 0 Å². The number of benzene rings is 1. The van der Waals surface area contributed by atoms with Crippen LogP contribution in [0.15, 0.2) is 30.5 Å². The van der Waals surface area contributed by atoms with Crippen molar-refractivity contribution >= 4 is 27.8 Å². The highest BCUT2D eigenvalue weighted by Crippen LogP contribution is 2.26. The van der Waals surface area contributed by atoms with Gasteiger partial charge >= 0.3 is 5.97 Å². The van der Waals surface area contributed by atoms with Gasteiger partial charge in [-0.25, -0.2) is 14.2 Å². The van der Waals surface area contributed by atoms with Crippen LogP contribution < -0.4 is 0 Å². The Hall–Kier alpha value is -2.47. The standard InChI is InChI=1S/C14H11FN2O3/c15-8-1-2-11-9(5-8)10-6-12(14(19)20-4-3-18)16-7-13(10)17-11/h1-2,5-7,17-18H,3-4H2. The lowest BCUT2D eigenvalue weighted by Crippen LogP contribution is -2.10. The number of carbonyl (C=O) groups is 1. The van der Waals surface area contributed by atoms with E-state index in [1.807, 2.05) is 0 Å². The van der Waals surface area contributed by atoms with E-state index >= 15 is 0 Å². The minimum absolute atomic E-state index is 0.0823. The van der Waals surface area contributed by atoms with E-state index in [0.717, 1.165) is 5.52 Å². The first kappa shape index (κ1) is 12.6. The molecule has 2 N–H and O–H groups in total. The third-order valence-corrected chi connectivity index (χ3v) is 2.98. The first-order valence-corrected chi connectivity index (χ1v) is 6.04. The Morgan fingerprint density at radius 2 is 2.10 bits per heavy atom. The molecule has 2 aromatic heterocycles. The Kier molecular flexibility index (Phi) is 3.08. The van der Waals surface area contributed by atoms with E-state index in [2.05, 4.69) is 9.97 Å². The summed E-state index contributed by atoms with van der Waals surface area (Å²) < 4.78 is 18.1. The van der Waals surface area contributed by atoms with Crippen LogP contribution >= 0.6 is 0 Å². The zero-order valence-corrected chi connectivity index (χ0v) is 10.4. The minimum Gasteiger partial charge on any atom is -0.459 e. The van der Waals surface area contributed by atoms with Gasteiger partial charge in [0.25, 0.3) is 0 Å². The quantitative estimate of drug-likeness (QED) is 0.716. The molecule has 0 bridgehead atoms. The minimum atomic E-state index is -0.619. The van der Waals surface area contributed by atoms with Gasteiger partial charge in [-0.15, -0.1) is 0 Å². The molecule has 5 nitrogen and oxygen atoms in total. The molecular weight excluding hydrogens is 263 g/mol. The van der Waals surface area contributed by atoms with Crippen LogP contribution in [-0.2, 0) is 4.74 Å². The maximum atomic E-state index is 13.3. The zero-order chi connectivity index (χ0) is 14.1. The summed E-state index contributed by atoms with van der Waals surface area (Å²) in [6.45, 7) is -0.326. The SMILES string of the molecule is O=C(OCCO)c1cc2c(cn1)[nH]c1ccc(F)cc12. The fourth-order valence-electron chi connectivity index (χ4n) is 2.10. The van der Waals surface area contributed by atoms with Crippen molar-refractivity contribution in [1.82, 2.24) is 9.97 Å². The molecule has 0 atom stereocenters. The van der Waals surface area contributed by atoms with E-state index in [1.54, 1.807) is 12.1 Å². The fraction of sp³-hybridized carbons (Fsp3) is 0.143. The molecule has 0 aliphatic carbocycles. The van der Waals surface area contributed by atoms with Crippen molar-refractivity contribution in [3.8, 4) is 0 Å². The Bertz CT molecular complexity index is 798. The predicted molar refractivity (Wildman–Crippen MR) is 70.9 cm³/mol. The number of fused-ring (bicyclic) bond motifs is 3. The highest BCUT2D eigenvalue weighted by Gasteiger charge is 2.12. The van der Waals surface area contributed by atoms with Crippen LogP contribution in [0.3, 0.4) is 0 Å². The summed E-state index contributed by atoms with van der Waals surface area (Å²) in [6.07, 6.45) is 1.50. The number of aliphatic hydroxyl groups is 1. The summed E-state index contributed by atoms with van der Waals surface area (Å²) in [7, 11) is 0. The third kappa shape index (κ3) is 2.10. The van der Waals surface area contributed by atoms with Gasteiger partial charge in [0.2, 0.25) is 0 Å². The molecule has 0 saturated carbocycles. The van der Waals surface area contributed by atoms with Crippen molar-refractivity contribution in [2.24, 2.45) is 0 Å². The second kappa shape index (κ2) is 4.90. The summed E-state index contributed by atoms with van der Waals surface area (Å²) in [5.41, 5.74) is 1.60. The first-order valence-electron chi connectivity index (χ1n) is 6.04. The summed E-state index contributed by atoms with van der Waals surface area (Å²) in [5, 5.41) is 10.0. The molecule has 1 aromatic carbocycles. The van der Waals surface area contributed by atoms with Crippen LogP contribution in [0, 0.1) is 5.82 Å². The Labute approximate surface area is 113 Å². The lowest BCUT2D eigenvalue weighted by molar-refractivity contribution is 0.0427. The second-order valence-corrected chi connectivity index (χ2v) is 4.29. The number of halogens is 1. The van der Waals surface area contributed by atoms with Crippen LogP contribution in [-0.4, -0.2) is 34.3 Å². The van der Waals surface area contributed by atoms with Crippen molar-refractivity contribution in [3.63, 3.8) is 0 Å². The third-order valence-electron chi connectivity index (χ3n) is 2.98. The molecule has 2 heterocycles. The molecular formula is C14H11FN2O3. The van der Waals surface area contributed by atoms with E-state index < -0.39 is 5.97 Å².